The molecule has 1 saturated carbocycles. The standard InChI is InChI=1S/C10H14O/c1-6(2)9-5-7-3-4-8(9)10(7)11/h3-4,6-9H,5H2,1-2H3. The number of carbonyl (C=O) groups excluding carboxylic acids is 1. The summed E-state index contributed by atoms with van der Waals surface area (Å²) >= 11 is 0. The minimum Gasteiger partial charge on any atom is -0.298 e. The van der Waals surface area contributed by atoms with E-state index in [9.17, 15) is 4.79 Å². The summed E-state index contributed by atoms with van der Waals surface area (Å²) in [5, 5.41) is 0. The van der Waals surface area contributed by atoms with E-state index in [0.29, 0.717) is 17.6 Å². The maximum Gasteiger partial charge on any atom is 0.146 e. The molecule has 3 unspecified atom stereocenters. The lowest BCUT2D eigenvalue weighted by atomic mass is 9.84. The normalized spacial score (nSPS) is 41.0. The van der Waals surface area contributed by atoms with Gasteiger partial charge in [-0.15, -0.1) is 0 Å². The average Bonchev–Trinajstić information content (AvgIpc) is 2.46. The first-order valence-electron chi connectivity index (χ1n) is 4.42. The fraction of sp³-hybridized carbons (Fsp3) is 0.700. The monoisotopic (exact) mass is 150 g/mol. The van der Waals surface area contributed by atoms with E-state index in [1.54, 1.807) is 0 Å². The predicted octanol–water partition coefficient (Wildman–Crippen LogP) is 2.03. The van der Waals surface area contributed by atoms with Crippen LogP contribution in [-0.2, 0) is 4.79 Å². The lowest BCUT2D eigenvalue weighted by Gasteiger charge is -2.19. The Morgan fingerprint density at radius 3 is 2.45 bits per heavy atom. The number of hydrogen-bond acceptors (Lipinski definition) is 1. The second-order valence-corrected chi connectivity index (χ2v) is 4.06. The van der Waals surface area contributed by atoms with Crippen molar-refractivity contribution in [2.45, 2.75) is 20.3 Å². The molecule has 2 aliphatic rings. The van der Waals surface area contributed by atoms with E-state index < -0.39 is 0 Å². The maximum atomic E-state index is 11.4. The molecule has 0 aromatic rings. The third kappa shape index (κ3) is 0.867. The van der Waals surface area contributed by atoms with Crippen LogP contribution >= 0.6 is 0 Å². The van der Waals surface area contributed by atoms with Crippen LogP contribution in [0.25, 0.3) is 0 Å². The van der Waals surface area contributed by atoms with Gasteiger partial charge in [-0.2, -0.15) is 0 Å². The minimum atomic E-state index is 0.278. The van der Waals surface area contributed by atoms with Crippen molar-refractivity contribution in [3.05, 3.63) is 12.2 Å². The van der Waals surface area contributed by atoms with Gasteiger partial charge < -0.3 is 0 Å². The summed E-state index contributed by atoms with van der Waals surface area (Å²) in [6, 6.07) is 0. The van der Waals surface area contributed by atoms with E-state index in [0.717, 1.165) is 6.42 Å². The number of Topliss-reactive ketones (excluding diaryl/α,β-unsaturated/α-hetero) is 1. The molecular weight excluding hydrogens is 136 g/mol. The van der Waals surface area contributed by atoms with Crippen LogP contribution in [0.2, 0.25) is 0 Å². The van der Waals surface area contributed by atoms with Crippen LogP contribution in [0.1, 0.15) is 20.3 Å². The second-order valence-electron chi connectivity index (χ2n) is 4.06. The zero-order valence-corrected chi connectivity index (χ0v) is 7.08. The van der Waals surface area contributed by atoms with Gasteiger partial charge in [0.1, 0.15) is 5.78 Å². The minimum absolute atomic E-state index is 0.278. The highest BCUT2D eigenvalue weighted by atomic mass is 16.1. The SMILES string of the molecule is CC(C)C1CC2C=CC1C2=O. The maximum absolute atomic E-state index is 11.4. The summed E-state index contributed by atoms with van der Waals surface area (Å²) < 4.78 is 0. The van der Waals surface area contributed by atoms with E-state index in [1.807, 2.05) is 0 Å². The zero-order chi connectivity index (χ0) is 8.01. The van der Waals surface area contributed by atoms with Gasteiger partial charge in [0.05, 0.1) is 0 Å². The summed E-state index contributed by atoms with van der Waals surface area (Å²) in [4.78, 5) is 11.4. The van der Waals surface area contributed by atoms with Gasteiger partial charge in [0.25, 0.3) is 0 Å². The molecule has 0 N–H and O–H groups in total. The highest BCUT2D eigenvalue weighted by Gasteiger charge is 2.44. The van der Waals surface area contributed by atoms with Crippen LogP contribution in [0.5, 0.6) is 0 Å². The first-order valence-corrected chi connectivity index (χ1v) is 4.42. The van der Waals surface area contributed by atoms with E-state index >= 15 is 0 Å². The zero-order valence-electron chi connectivity index (χ0n) is 7.08. The Kier molecular flexibility index (Phi) is 1.41. The number of carbonyl (C=O) groups is 1. The van der Waals surface area contributed by atoms with Crippen molar-refractivity contribution < 1.29 is 4.79 Å². The molecular formula is C10H14O. The molecule has 2 rings (SSSR count). The summed E-state index contributed by atoms with van der Waals surface area (Å²) in [6.45, 7) is 4.43. The molecule has 0 amide bonds. The van der Waals surface area contributed by atoms with Gasteiger partial charge in [0.2, 0.25) is 0 Å². The first kappa shape index (κ1) is 7.08. The summed E-state index contributed by atoms with van der Waals surface area (Å²) in [5.41, 5.74) is 0. The number of allylic oxidation sites excluding steroid dienone is 2. The largest absolute Gasteiger partial charge is 0.298 e. The lowest BCUT2D eigenvalue weighted by Crippen LogP contribution is -2.15. The highest BCUT2D eigenvalue weighted by Crippen LogP contribution is 2.43. The number of hydrogen-bond donors (Lipinski definition) is 0. The molecule has 1 nitrogen and oxygen atoms in total. The van der Waals surface area contributed by atoms with Crippen molar-refractivity contribution in [3.63, 3.8) is 0 Å². The molecule has 0 heterocycles. The van der Waals surface area contributed by atoms with Crippen molar-refractivity contribution in [1.29, 1.82) is 0 Å². The first-order chi connectivity index (χ1) is 5.20. The number of rotatable bonds is 1. The number of ketones is 1. The Balaban J connectivity index is 2.21. The van der Waals surface area contributed by atoms with Crippen molar-refractivity contribution in [1.82, 2.24) is 0 Å². The van der Waals surface area contributed by atoms with E-state index in [4.69, 9.17) is 0 Å². The highest BCUT2D eigenvalue weighted by molar-refractivity contribution is 5.91. The molecule has 1 fully saturated rings. The van der Waals surface area contributed by atoms with Crippen molar-refractivity contribution in [3.8, 4) is 0 Å². The summed E-state index contributed by atoms with van der Waals surface area (Å²) in [5.74, 6) is 2.34. The smallest absolute Gasteiger partial charge is 0.146 e. The summed E-state index contributed by atoms with van der Waals surface area (Å²) in [7, 11) is 0. The quantitative estimate of drug-likeness (QED) is 0.523. The lowest BCUT2D eigenvalue weighted by molar-refractivity contribution is -0.121. The Morgan fingerprint density at radius 1 is 1.45 bits per heavy atom. The van der Waals surface area contributed by atoms with Gasteiger partial charge >= 0.3 is 0 Å². The van der Waals surface area contributed by atoms with Gasteiger partial charge in [-0.25, -0.2) is 0 Å². The molecule has 1 heteroatoms. The van der Waals surface area contributed by atoms with Crippen molar-refractivity contribution in [2.24, 2.45) is 23.7 Å². The van der Waals surface area contributed by atoms with Crippen LogP contribution in [0, 0.1) is 23.7 Å². The molecule has 0 spiro atoms. The molecule has 0 aliphatic heterocycles. The van der Waals surface area contributed by atoms with Gasteiger partial charge in [-0.3, -0.25) is 4.79 Å². The van der Waals surface area contributed by atoms with Crippen LogP contribution in [0.4, 0.5) is 0 Å². The molecule has 3 atom stereocenters. The molecule has 0 radical (unpaired) electrons. The Morgan fingerprint density at radius 2 is 2.18 bits per heavy atom. The molecule has 60 valence electrons. The van der Waals surface area contributed by atoms with E-state index in [2.05, 4.69) is 26.0 Å². The van der Waals surface area contributed by atoms with Crippen LogP contribution in [-0.4, -0.2) is 5.78 Å². The van der Waals surface area contributed by atoms with Gasteiger partial charge in [0.15, 0.2) is 0 Å². The molecule has 2 aliphatic carbocycles. The van der Waals surface area contributed by atoms with E-state index in [1.165, 1.54) is 0 Å². The Labute approximate surface area is 67.5 Å². The third-order valence-electron chi connectivity index (χ3n) is 3.09. The molecule has 0 saturated heterocycles. The summed E-state index contributed by atoms with van der Waals surface area (Å²) in [6.07, 6.45) is 5.31. The van der Waals surface area contributed by atoms with Crippen molar-refractivity contribution in [2.75, 3.05) is 0 Å². The van der Waals surface area contributed by atoms with Gasteiger partial charge in [-0.1, -0.05) is 26.0 Å². The Hall–Kier alpha value is -0.590. The van der Waals surface area contributed by atoms with Crippen LogP contribution < -0.4 is 0 Å². The number of fused-ring (bicyclic) bond motifs is 2. The van der Waals surface area contributed by atoms with Gasteiger partial charge in [-0.05, 0) is 18.3 Å². The molecule has 2 bridgehead atoms. The molecule has 11 heavy (non-hydrogen) atoms. The van der Waals surface area contributed by atoms with E-state index in [-0.39, 0.29) is 11.8 Å². The van der Waals surface area contributed by atoms with Crippen molar-refractivity contribution >= 4 is 5.78 Å². The second kappa shape index (κ2) is 2.20. The van der Waals surface area contributed by atoms with Crippen LogP contribution in [0.15, 0.2) is 12.2 Å². The fourth-order valence-electron chi connectivity index (χ4n) is 2.37. The fourth-order valence-corrected chi connectivity index (χ4v) is 2.37. The molecule has 0 aromatic carbocycles. The van der Waals surface area contributed by atoms with Crippen LogP contribution in [0.3, 0.4) is 0 Å². The predicted molar refractivity (Wildman–Crippen MR) is 44.1 cm³/mol. The van der Waals surface area contributed by atoms with Gasteiger partial charge in [0, 0.05) is 11.8 Å². The third-order valence-corrected chi connectivity index (χ3v) is 3.09. The molecule has 0 aromatic heterocycles. The Bertz CT molecular complexity index is 215. The topological polar surface area (TPSA) is 17.1 Å². The average molecular weight is 150 g/mol.